The van der Waals surface area contributed by atoms with Crippen molar-refractivity contribution in [2.24, 2.45) is 5.92 Å². The Hall–Kier alpha value is -2.63. The van der Waals surface area contributed by atoms with Gasteiger partial charge in [-0.1, -0.05) is 12.1 Å². The standard InChI is InChI=1S/C19H22N4O2/c1-3-25-19(24)13-6-8-23(9-7-13)18-17-16(20-11-21-18)14-5-4-12(2)10-15(14)22-17/h4-5,10-11,13,22H,3,6-9H2,1-2H3. The first-order valence-corrected chi connectivity index (χ1v) is 8.82. The summed E-state index contributed by atoms with van der Waals surface area (Å²) < 4.78 is 5.15. The second-order valence-corrected chi connectivity index (χ2v) is 6.61. The Morgan fingerprint density at radius 1 is 1.32 bits per heavy atom. The minimum atomic E-state index is -0.0731. The van der Waals surface area contributed by atoms with Gasteiger partial charge in [0.05, 0.1) is 12.5 Å². The zero-order valence-electron chi connectivity index (χ0n) is 14.6. The average Bonchev–Trinajstić information content (AvgIpc) is 2.99. The number of carbonyl (C=O) groups excluding carboxylic acids is 1. The number of hydrogen-bond donors (Lipinski definition) is 1. The van der Waals surface area contributed by atoms with Crippen LogP contribution in [0.25, 0.3) is 21.9 Å². The highest BCUT2D eigenvalue weighted by Crippen LogP contribution is 2.31. The van der Waals surface area contributed by atoms with Crippen LogP contribution in [-0.2, 0) is 9.53 Å². The zero-order valence-corrected chi connectivity index (χ0v) is 14.6. The van der Waals surface area contributed by atoms with Gasteiger partial charge >= 0.3 is 5.97 Å². The van der Waals surface area contributed by atoms with Crippen LogP contribution in [0.3, 0.4) is 0 Å². The molecule has 1 N–H and O–H groups in total. The number of fused-ring (bicyclic) bond motifs is 3. The predicted octanol–water partition coefficient (Wildman–Crippen LogP) is 3.20. The second kappa shape index (κ2) is 6.35. The summed E-state index contributed by atoms with van der Waals surface area (Å²) in [5.41, 5.74) is 4.21. The molecule has 0 atom stereocenters. The number of H-pyrrole nitrogens is 1. The largest absolute Gasteiger partial charge is 0.466 e. The minimum Gasteiger partial charge on any atom is -0.466 e. The Kier molecular flexibility index (Phi) is 4.03. The Balaban J connectivity index is 1.64. The number of anilines is 1. The second-order valence-electron chi connectivity index (χ2n) is 6.61. The highest BCUT2D eigenvalue weighted by Gasteiger charge is 2.27. The molecular formula is C19H22N4O2. The van der Waals surface area contributed by atoms with Gasteiger partial charge in [-0.25, -0.2) is 9.97 Å². The number of rotatable bonds is 3. The Morgan fingerprint density at radius 2 is 2.12 bits per heavy atom. The lowest BCUT2D eigenvalue weighted by Crippen LogP contribution is -2.37. The number of ether oxygens (including phenoxy) is 1. The number of aromatic nitrogens is 3. The summed E-state index contributed by atoms with van der Waals surface area (Å²) in [5, 5.41) is 1.12. The van der Waals surface area contributed by atoms with E-state index < -0.39 is 0 Å². The molecule has 0 saturated carbocycles. The molecule has 3 aromatic rings. The van der Waals surface area contributed by atoms with Gasteiger partial charge in [0.25, 0.3) is 0 Å². The van der Waals surface area contributed by atoms with E-state index in [1.54, 1.807) is 6.33 Å². The van der Waals surface area contributed by atoms with Crippen LogP contribution in [-0.4, -0.2) is 40.6 Å². The maximum absolute atomic E-state index is 11.9. The van der Waals surface area contributed by atoms with Crippen molar-refractivity contribution in [2.45, 2.75) is 26.7 Å². The van der Waals surface area contributed by atoms with Crippen LogP contribution in [0.4, 0.5) is 5.82 Å². The van der Waals surface area contributed by atoms with Crippen LogP contribution in [0.5, 0.6) is 0 Å². The van der Waals surface area contributed by atoms with Gasteiger partial charge in [-0.05, 0) is 38.3 Å². The van der Waals surface area contributed by atoms with E-state index in [1.165, 1.54) is 5.56 Å². The summed E-state index contributed by atoms with van der Waals surface area (Å²) in [5.74, 6) is 0.844. The summed E-state index contributed by atoms with van der Waals surface area (Å²) in [6, 6.07) is 6.34. The molecule has 6 heteroatoms. The zero-order chi connectivity index (χ0) is 17.4. The van der Waals surface area contributed by atoms with Crippen molar-refractivity contribution in [3.63, 3.8) is 0 Å². The molecule has 1 saturated heterocycles. The van der Waals surface area contributed by atoms with Crippen LogP contribution < -0.4 is 4.90 Å². The average molecular weight is 338 g/mol. The van der Waals surface area contributed by atoms with Crippen molar-refractivity contribution in [3.8, 4) is 0 Å². The molecule has 0 aliphatic carbocycles. The van der Waals surface area contributed by atoms with E-state index in [9.17, 15) is 4.79 Å². The van der Waals surface area contributed by atoms with Gasteiger partial charge in [-0.2, -0.15) is 0 Å². The smallest absolute Gasteiger partial charge is 0.309 e. The Morgan fingerprint density at radius 3 is 2.88 bits per heavy atom. The molecule has 0 amide bonds. The molecule has 130 valence electrons. The molecule has 4 rings (SSSR count). The third-order valence-corrected chi connectivity index (χ3v) is 4.93. The van der Waals surface area contributed by atoms with Gasteiger partial charge in [-0.3, -0.25) is 4.79 Å². The van der Waals surface area contributed by atoms with E-state index in [0.29, 0.717) is 6.61 Å². The van der Waals surface area contributed by atoms with Gasteiger partial charge in [0.15, 0.2) is 5.82 Å². The van der Waals surface area contributed by atoms with Crippen LogP contribution in [0, 0.1) is 12.8 Å². The van der Waals surface area contributed by atoms with Crippen molar-refractivity contribution in [3.05, 3.63) is 30.1 Å². The van der Waals surface area contributed by atoms with Crippen molar-refractivity contribution in [2.75, 3.05) is 24.6 Å². The van der Waals surface area contributed by atoms with Gasteiger partial charge in [0.2, 0.25) is 0 Å². The number of carbonyl (C=O) groups is 1. The first-order valence-electron chi connectivity index (χ1n) is 8.82. The monoisotopic (exact) mass is 338 g/mol. The SMILES string of the molecule is CCOC(=O)C1CCN(c2ncnc3c2[nH]c2cc(C)ccc23)CC1. The van der Waals surface area contributed by atoms with E-state index in [-0.39, 0.29) is 11.9 Å². The van der Waals surface area contributed by atoms with E-state index in [2.05, 4.69) is 45.0 Å². The molecule has 6 nitrogen and oxygen atoms in total. The fourth-order valence-corrected chi connectivity index (χ4v) is 3.63. The van der Waals surface area contributed by atoms with Crippen molar-refractivity contribution >= 4 is 33.7 Å². The Labute approximate surface area is 146 Å². The number of aromatic amines is 1. The molecule has 1 aliphatic rings. The van der Waals surface area contributed by atoms with Gasteiger partial charge in [-0.15, -0.1) is 0 Å². The first kappa shape index (κ1) is 15.9. The number of aryl methyl sites for hydroxylation is 1. The molecule has 0 bridgehead atoms. The fourth-order valence-electron chi connectivity index (χ4n) is 3.63. The third-order valence-electron chi connectivity index (χ3n) is 4.93. The molecule has 1 aliphatic heterocycles. The minimum absolute atomic E-state index is 0.00103. The highest BCUT2D eigenvalue weighted by atomic mass is 16.5. The molecule has 25 heavy (non-hydrogen) atoms. The van der Waals surface area contributed by atoms with Gasteiger partial charge < -0.3 is 14.6 Å². The number of nitrogens with zero attached hydrogens (tertiary/aromatic N) is 3. The maximum atomic E-state index is 11.9. The van der Waals surface area contributed by atoms with E-state index in [1.807, 2.05) is 6.92 Å². The van der Waals surface area contributed by atoms with Gasteiger partial charge in [0.1, 0.15) is 17.4 Å². The third kappa shape index (κ3) is 2.81. The van der Waals surface area contributed by atoms with E-state index in [4.69, 9.17) is 4.74 Å². The molecule has 0 unspecified atom stereocenters. The number of hydrogen-bond acceptors (Lipinski definition) is 5. The topological polar surface area (TPSA) is 71.1 Å². The summed E-state index contributed by atoms with van der Waals surface area (Å²) >= 11 is 0. The number of benzene rings is 1. The first-order chi connectivity index (χ1) is 12.2. The number of esters is 1. The number of nitrogens with one attached hydrogen (secondary N) is 1. The van der Waals surface area contributed by atoms with Crippen LogP contribution in [0.15, 0.2) is 24.5 Å². The van der Waals surface area contributed by atoms with E-state index in [0.717, 1.165) is 53.7 Å². The van der Waals surface area contributed by atoms with Crippen LogP contribution >= 0.6 is 0 Å². The maximum Gasteiger partial charge on any atom is 0.309 e. The predicted molar refractivity (Wildman–Crippen MR) is 97.7 cm³/mol. The number of piperidine rings is 1. The van der Waals surface area contributed by atoms with E-state index >= 15 is 0 Å². The van der Waals surface area contributed by atoms with Crippen molar-refractivity contribution < 1.29 is 9.53 Å². The molecule has 2 aromatic heterocycles. The normalized spacial score (nSPS) is 15.8. The fraction of sp³-hybridized carbons (Fsp3) is 0.421. The lowest BCUT2D eigenvalue weighted by Gasteiger charge is -2.31. The molecular weight excluding hydrogens is 316 g/mol. The molecule has 1 fully saturated rings. The lowest BCUT2D eigenvalue weighted by atomic mass is 9.97. The Bertz CT molecular complexity index is 926. The van der Waals surface area contributed by atoms with Crippen LogP contribution in [0.2, 0.25) is 0 Å². The highest BCUT2D eigenvalue weighted by molar-refractivity contribution is 6.08. The lowest BCUT2D eigenvalue weighted by molar-refractivity contribution is -0.148. The summed E-state index contributed by atoms with van der Waals surface area (Å²) in [6.07, 6.45) is 3.22. The summed E-state index contributed by atoms with van der Waals surface area (Å²) in [6.45, 7) is 5.97. The van der Waals surface area contributed by atoms with Gasteiger partial charge in [0, 0.05) is 24.0 Å². The molecule has 0 spiro atoms. The molecule has 0 radical (unpaired) electrons. The van der Waals surface area contributed by atoms with Crippen molar-refractivity contribution in [1.29, 1.82) is 0 Å². The van der Waals surface area contributed by atoms with Crippen LogP contribution in [0.1, 0.15) is 25.3 Å². The quantitative estimate of drug-likeness (QED) is 0.743. The van der Waals surface area contributed by atoms with Crippen molar-refractivity contribution in [1.82, 2.24) is 15.0 Å². The molecule has 3 heterocycles. The molecule has 1 aromatic carbocycles. The summed E-state index contributed by atoms with van der Waals surface area (Å²) in [7, 11) is 0. The summed E-state index contributed by atoms with van der Waals surface area (Å²) in [4.78, 5) is 26.6.